The Kier molecular flexibility index (Phi) is 22.5. The Balaban J connectivity index is 0.630. The molecule has 2 heterocycles. The van der Waals surface area contributed by atoms with Crippen molar-refractivity contribution in [2.24, 2.45) is 0 Å². The number of alkyl carbamates (subject to hydrolysis) is 1. The Bertz CT molecular complexity index is 2110. The Morgan fingerprint density at radius 2 is 1.07 bits per heavy atom. The van der Waals surface area contributed by atoms with E-state index in [1.807, 2.05) is 24.3 Å². The van der Waals surface area contributed by atoms with E-state index in [1.54, 1.807) is 12.1 Å². The molecule has 1 saturated heterocycles. The van der Waals surface area contributed by atoms with E-state index in [9.17, 15) is 28.8 Å². The number of imide groups is 2. The van der Waals surface area contributed by atoms with Gasteiger partial charge in [-0.2, -0.15) is 0 Å². The van der Waals surface area contributed by atoms with Crippen LogP contribution in [0.2, 0.25) is 0 Å². The van der Waals surface area contributed by atoms with Gasteiger partial charge in [0.25, 0.3) is 11.8 Å². The number of hydrogen-bond acceptors (Lipinski definition) is 15. The zero-order valence-corrected chi connectivity index (χ0v) is 39.0. The molecule has 1 aliphatic carbocycles. The van der Waals surface area contributed by atoms with Gasteiger partial charge < -0.3 is 53.3 Å². The molecule has 1 atom stereocenters. The first-order valence-corrected chi connectivity index (χ1v) is 23.7. The van der Waals surface area contributed by atoms with Gasteiger partial charge in [0.1, 0.15) is 12.6 Å². The van der Waals surface area contributed by atoms with Crippen molar-refractivity contribution in [3.63, 3.8) is 0 Å². The van der Waals surface area contributed by atoms with E-state index >= 15 is 0 Å². The number of amides is 6. The first-order chi connectivity index (χ1) is 33.8. The van der Waals surface area contributed by atoms with E-state index in [1.165, 1.54) is 28.3 Å². The number of nitrogens with zero attached hydrogens (tertiary/aromatic N) is 1. The van der Waals surface area contributed by atoms with Crippen molar-refractivity contribution < 1.29 is 71.4 Å². The van der Waals surface area contributed by atoms with Crippen LogP contribution in [0, 0.1) is 0 Å². The highest BCUT2D eigenvalue weighted by Gasteiger charge is 2.45. The molecule has 0 bridgehead atoms. The van der Waals surface area contributed by atoms with Gasteiger partial charge in [0.05, 0.1) is 116 Å². The number of ether oxygens (including phenoxy) is 9. The summed E-state index contributed by atoms with van der Waals surface area (Å²) in [6.07, 6.45) is 1.95. The largest absolute Gasteiger partial charge is 0.449 e. The Hall–Kier alpha value is -5.64. The molecule has 6 rings (SSSR count). The predicted molar refractivity (Wildman–Crippen MR) is 250 cm³/mol. The monoisotopic (exact) mass is 960 g/mol. The van der Waals surface area contributed by atoms with Gasteiger partial charge in [0.2, 0.25) is 17.7 Å². The number of nitrogens with one attached hydrogen (secondary N) is 3. The lowest BCUT2D eigenvalue weighted by atomic mass is 9.98. The number of rotatable bonds is 34. The van der Waals surface area contributed by atoms with E-state index < -0.39 is 35.8 Å². The summed E-state index contributed by atoms with van der Waals surface area (Å²) in [5.41, 5.74) is 5.09. The van der Waals surface area contributed by atoms with Gasteiger partial charge in [-0.05, 0) is 53.6 Å². The van der Waals surface area contributed by atoms with Crippen LogP contribution in [0.25, 0.3) is 11.1 Å². The van der Waals surface area contributed by atoms with Crippen LogP contribution in [0.5, 0.6) is 0 Å². The molecular weight excluding hydrogens is 897 g/mol. The summed E-state index contributed by atoms with van der Waals surface area (Å²) in [5, 5.41) is 7.64. The average Bonchev–Trinajstić information content (AvgIpc) is 3.81. The second-order valence-electron chi connectivity index (χ2n) is 16.2. The Morgan fingerprint density at radius 1 is 0.565 bits per heavy atom. The van der Waals surface area contributed by atoms with Gasteiger partial charge in [-0.15, -0.1) is 0 Å². The molecule has 3 aromatic rings. The summed E-state index contributed by atoms with van der Waals surface area (Å²) in [7, 11) is 0. The molecule has 0 saturated carbocycles. The fourth-order valence-corrected chi connectivity index (χ4v) is 8.01. The van der Waals surface area contributed by atoms with Crippen molar-refractivity contribution >= 4 is 41.3 Å². The summed E-state index contributed by atoms with van der Waals surface area (Å²) in [4.78, 5) is 76.0. The minimum absolute atomic E-state index is 0.0211. The number of piperidine rings is 1. The Morgan fingerprint density at radius 3 is 1.62 bits per heavy atom. The molecule has 6 amide bonds. The molecule has 3 aliphatic rings. The van der Waals surface area contributed by atoms with Crippen molar-refractivity contribution in [2.45, 2.75) is 50.5 Å². The van der Waals surface area contributed by atoms with Crippen LogP contribution < -0.4 is 16.0 Å². The molecule has 374 valence electrons. The normalized spacial score (nSPS) is 15.2. The highest BCUT2D eigenvalue weighted by atomic mass is 16.6. The topological polar surface area (TPSA) is 225 Å². The van der Waals surface area contributed by atoms with Crippen molar-refractivity contribution in [1.82, 2.24) is 15.5 Å². The maximum Gasteiger partial charge on any atom is 0.407 e. The van der Waals surface area contributed by atoms with Gasteiger partial charge >= 0.3 is 6.09 Å². The van der Waals surface area contributed by atoms with Gasteiger partial charge in [-0.1, -0.05) is 61.0 Å². The summed E-state index contributed by atoms with van der Waals surface area (Å²) < 4.78 is 49.8. The van der Waals surface area contributed by atoms with Crippen LogP contribution in [0.1, 0.15) is 76.3 Å². The number of fused-ring (bicyclic) bond motifs is 4. The third-order valence-corrected chi connectivity index (χ3v) is 11.4. The minimum atomic E-state index is -1.08. The lowest BCUT2D eigenvalue weighted by Gasteiger charge is -2.27. The first-order valence-electron chi connectivity index (χ1n) is 23.7. The summed E-state index contributed by atoms with van der Waals surface area (Å²) >= 11 is 0. The van der Waals surface area contributed by atoms with Gasteiger partial charge in [-0.3, -0.25) is 34.2 Å². The molecule has 1 unspecified atom stereocenters. The average molecular weight is 961 g/mol. The lowest BCUT2D eigenvalue weighted by Crippen LogP contribution is -2.54. The summed E-state index contributed by atoms with van der Waals surface area (Å²) in [5.74, 6) is -2.71. The smallest absolute Gasteiger partial charge is 0.407 e. The van der Waals surface area contributed by atoms with Gasteiger partial charge in [0.15, 0.2) is 0 Å². The zero-order valence-electron chi connectivity index (χ0n) is 39.0. The third kappa shape index (κ3) is 16.5. The molecule has 0 aromatic heterocycles. The van der Waals surface area contributed by atoms with Crippen molar-refractivity contribution in [3.8, 4) is 11.1 Å². The van der Waals surface area contributed by atoms with Crippen molar-refractivity contribution in [1.29, 1.82) is 0 Å². The van der Waals surface area contributed by atoms with E-state index in [0.717, 1.165) is 17.7 Å². The zero-order chi connectivity index (χ0) is 48.5. The molecule has 19 nitrogen and oxygen atoms in total. The molecule has 3 aromatic carbocycles. The molecular formula is C50H64N4O15. The summed E-state index contributed by atoms with van der Waals surface area (Å²) in [6.45, 7) is 7.62. The summed E-state index contributed by atoms with van der Waals surface area (Å²) in [6, 6.07) is 20.0. The molecule has 0 spiro atoms. The van der Waals surface area contributed by atoms with Crippen molar-refractivity contribution in [2.75, 3.05) is 124 Å². The van der Waals surface area contributed by atoms with Gasteiger partial charge in [-0.25, -0.2) is 4.79 Å². The van der Waals surface area contributed by atoms with Gasteiger partial charge in [0, 0.05) is 31.9 Å². The maximum absolute atomic E-state index is 13.2. The standard InChI is InChI=1S/C50H64N4O15/c55-44(52-42-14-8-13-40-46(42)49(59)54(48(40)58)43-16-17-45(56)53-47(43)57)15-2-1-7-19-61-21-23-63-25-27-65-29-31-67-33-34-68-32-30-66-28-26-64-24-22-62-20-18-51-50(60)69-35-41-38-11-5-3-9-36(38)37-10-4-6-12-39(37)41/h3-6,8-14,41,43H,1-2,7,15-35H2,(H,51,60)(H,52,55)(H,53,56,57). The number of unbranched alkanes of at least 4 members (excludes halogenated alkanes) is 2. The van der Waals surface area contributed by atoms with E-state index in [-0.39, 0.29) is 54.5 Å². The molecule has 1 fully saturated rings. The fraction of sp³-hybridized carbons (Fsp3) is 0.520. The van der Waals surface area contributed by atoms with Crippen molar-refractivity contribution in [3.05, 3.63) is 89.0 Å². The second-order valence-corrected chi connectivity index (χ2v) is 16.2. The minimum Gasteiger partial charge on any atom is -0.449 e. The number of carbonyl (C=O) groups excluding carboxylic acids is 6. The number of benzene rings is 3. The fourth-order valence-electron chi connectivity index (χ4n) is 8.01. The highest BCUT2D eigenvalue weighted by Crippen LogP contribution is 2.44. The van der Waals surface area contributed by atoms with Crippen LogP contribution in [-0.4, -0.2) is 165 Å². The molecule has 69 heavy (non-hydrogen) atoms. The molecule has 3 N–H and O–H groups in total. The Labute approximate surface area is 402 Å². The van der Waals surface area contributed by atoms with Crippen LogP contribution in [0.4, 0.5) is 10.5 Å². The molecule has 19 heteroatoms. The maximum atomic E-state index is 13.2. The lowest BCUT2D eigenvalue weighted by molar-refractivity contribution is -0.136. The van der Waals surface area contributed by atoms with E-state index in [4.69, 9.17) is 42.6 Å². The molecule has 2 aliphatic heterocycles. The van der Waals surface area contributed by atoms with Crippen LogP contribution >= 0.6 is 0 Å². The highest BCUT2D eigenvalue weighted by molar-refractivity contribution is 6.26. The van der Waals surface area contributed by atoms with Crippen LogP contribution in [-0.2, 0) is 57.0 Å². The number of anilines is 1. The third-order valence-electron chi connectivity index (χ3n) is 11.4. The van der Waals surface area contributed by atoms with E-state index in [0.29, 0.717) is 119 Å². The SMILES string of the molecule is O=C1CCC(N2C(=O)c3cccc(NC(=O)CCCCCOCCOCCOCCOCCOCCOCCOCCOCCNC(=O)OCC4c5ccccc5-c5ccccc54)c3C2=O)C(=O)N1. The molecule has 0 radical (unpaired) electrons. The van der Waals surface area contributed by atoms with E-state index in [2.05, 4.69) is 40.2 Å². The predicted octanol–water partition coefficient (Wildman–Crippen LogP) is 4.26. The second kappa shape index (κ2) is 29.4. The quantitative estimate of drug-likeness (QED) is 0.0562. The first kappa shape index (κ1) is 52.7. The van der Waals surface area contributed by atoms with Crippen LogP contribution in [0.15, 0.2) is 66.7 Å². The number of carbonyl (C=O) groups is 6. The number of hydrogen-bond donors (Lipinski definition) is 3. The van der Waals surface area contributed by atoms with Crippen LogP contribution in [0.3, 0.4) is 0 Å².